The lowest BCUT2D eigenvalue weighted by atomic mass is 9.83. The predicted molar refractivity (Wildman–Crippen MR) is 327 cm³/mol. The number of halogens is 4. The van der Waals surface area contributed by atoms with Crippen molar-refractivity contribution in [3.05, 3.63) is 75.3 Å². The fourth-order valence-corrected chi connectivity index (χ4v) is 12.1. The molecule has 0 spiro atoms. The number of rotatable bonds is 24. The van der Waals surface area contributed by atoms with Crippen molar-refractivity contribution in [2.24, 2.45) is 17.6 Å². The maximum absolute atomic E-state index is 14.5. The van der Waals surface area contributed by atoms with E-state index in [1.165, 1.54) is 58.3 Å². The molecule has 8 N–H and O–H groups in total. The molecule has 0 aromatic heterocycles. The zero-order valence-electron chi connectivity index (χ0n) is 49.6. The number of benzene rings is 2. The summed E-state index contributed by atoms with van der Waals surface area (Å²) in [4.78, 5) is 122. The van der Waals surface area contributed by atoms with Gasteiger partial charge < -0.3 is 70.3 Å². The number of methoxy groups -OCH3 is 2. The molecule has 2 fully saturated rings. The first-order valence-corrected chi connectivity index (χ1v) is 31.0. The van der Waals surface area contributed by atoms with Gasteiger partial charge in [-0.25, -0.2) is 14.4 Å². The normalized spacial score (nSPS) is 24.2. The summed E-state index contributed by atoms with van der Waals surface area (Å²) in [5, 5.41) is 25.6. The third-order valence-corrected chi connectivity index (χ3v) is 17.5. The molecule has 0 saturated carbocycles. The van der Waals surface area contributed by atoms with Gasteiger partial charge in [0.1, 0.15) is 46.8 Å². The largest absolute Gasteiger partial charge is 0.495 e. The summed E-state index contributed by atoms with van der Waals surface area (Å²) >= 11 is 20.1. The van der Waals surface area contributed by atoms with E-state index < -0.39 is 114 Å². The second-order valence-electron chi connectivity index (χ2n) is 21.8. The van der Waals surface area contributed by atoms with Crippen LogP contribution in [0.4, 0.5) is 21.0 Å². The zero-order chi connectivity index (χ0) is 63.8. The van der Waals surface area contributed by atoms with Crippen molar-refractivity contribution in [1.82, 2.24) is 26.2 Å². The van der Waals surface area contributed by atoms with Gasteiger partial charge in [-0.1, -0.05) is 85.8 Å². The molecule has 86 heavy (non-hydrogen) atoms. The Morgan fingerprint density at radius 2 is 1.70 bits per heavy atom. The Bertz CT molecular complexity index is 2880. The highest BCUT2D eigenvalue weighted by Gasteiger charge is 2.64. The van der Waals surface area contributed by atoms with E-state index in [4.69, 9.17) is 57.4 Å². The van der Waals surface area contributed by atoms with Crippen molar-refractivity contribution in [3.63, 3.8) is 0 Å². The van der Waals surface area contributed by atoms with Crippen LogP contribution < -0.4 is 42.0 Å². The lowest BCUT2D eigenvalue weighted by Crippen LogP contribution is -2.63. The molecule has 8 amide bonds. The minimum atomic E-state index is -1.92. The van der Waals surface area contributed by atoms with Crippen LogP contribution in [0.5, 0.6) is 5.75 Å². The summed E-state index contributed by atoms with van der Waals surface area (Å²) in [5.74, 6) is -4.98. The standard InChI is InChI=1S/C58H78Br2Cl2N8O16/c1-31-14-12-17-44(82-9)58(80)27-43(84-56(79)68-58)33(3)50-57(5,86-50)45(26-48(73)70(7)41-23-35(22-31)24-42(81-8)49(41)62)85-53(76)34(4)69(6)52(75)38-20-19-37(25-39(38)61)66-51(74)40(16-13-21-64-55(63)78)67-47(72)30-65-46(71)18-11-10-15-32(2)83-54(77)36(28-59)29-60/h12,14,17,19-20,23-25,32-34,36,40,43-45,50,80H,10-11,13,15-16,18,21-22,26-30H2,1-9H3,(H,65,71)(H,66,74)(H,67,72)(H,68,79)(H3,63,64,78)/b17-12+,31-14+/t32?,33-,34+,40?,43?,44-,45+,50?,57+,58+/m1/s1. The highest BCUT2D eigenvalue weighted by molar-refractivity contribution is 9.09. The van der Waals surface area contributed by atoms with E-state index in [1.807, 2.05) is 13.0 Å². The van der Waals surface area contributed by atoms with Crippen molar-refractivity contribution >= 4 is 120 Å². The maximum atomic E-state index is 14.5. The van der Waals surface area contributed by atoms with Crippen LogP contribution in [0.3, 0.4) is 0 Å². The number of fused-ring (bicyclic) bond motifs is 5. The molecule has 10 atom stereocenters. The summed E-state index contributed by atoms with van der Waals surface area (Å²) in [6.07, 6.45) is 1.49. The Hall–Kier alpha value is -6.03. The number of unbranched alkanes of at least 4 members (excludes halogenated alkanes) is 1. The summed E-state index contributed by atoms with van der Waals surface area (Å²) in [7, 11) is 5.70. The second kappa shape index (κ2) is 32.3. The van der Waals surface area contributed by atoms with Crippen LogP contribution >= 0.6 is 55.1 Å². The number of hydrogen-bond acceptors (Lipinski definition) is 16. The number of esters is 2. The van der Waals surface area contributed by atoms with Crippen molar-refractivity contribution in [1.29, 1.82) is 0 Å². The summed E-state index contributed by atoms with van der Waals surface area (Å²) < 4.78 is 35.0. The Balaban J connectivity index is 1.29. The first kappa shape index (κ1) is 70.7. The number of hydrogen-bond donors (Lipinski definition) is 7. The Morgan fingerprint density at radius 3 is 2.35 bits per heavy atom. The second-order valence-corrected chi connectivity index (χ2v) is 23.9. The number of aliphatic hydroxyl groups is 1. The van der Waals surface area contributed by atoms with Gasteiger partial charge >= 0.3 is 24.1 Å². The molecular formula is C58H78Br2Cl2N8O16. The summed E-state index contributed by atoms with van der Waals surface area (Å²) in [6, 6.07) is 4.22. The van der Waals surface area contributed by atoms with Crippen LogP contribution in [0.15, 0.2) is 54.1 Å². The molecule has 3 aliphatic heterocycles. The first-order valence-electron chi connectivity index (χ1n) is 28.0. The maximum Gasteiger partial charge on any atom is 0.409 e. The fraction of sp³-hybridized carbons (Fsp3) is 0.569. The van der Waals surface area contributed by atoms with Gasteiger partial charge in [-0.05, 0) is 102 Å². The molecule has 3 aliphatic rings. The number of ether oxygens (including phenoxy) is 6. The van der Waals surface area contributed by atoms with Crippen molar-refractivity contribution < 1.29 is 76.7 Å². The molecule has 2 aromatic rings. The van der Waals surface area contributed by atoms with Gasteiger partial charge in [0.05, 0.1) is 54.5 Å². The highest BCUT2D eigenvalue weighted by atomic mass is 79.9. The average Bonchev–Trinajstić information content (AvgIpc) is 1.61. The number of nitrogens with one attached hydrogen (secondary N) is 5. The third kappa shape index (κ3) is 19.2. The number of primary amides is 1. The number of allylic oxidation sites excluding steroid dienone is 3. The molecule has 28 heteroatoms. The number of alkyl carbamates (subject to hydrolysis) is 1. The van der Waals surface area contributed by atoms with Gasteiger partial charge in [0.25, 0.3) is 5.91 Å². The molecule has 4 unspecified atom stereocenters. The van der Waals surface area contributed by atoms with Gasteiger partial charge in [-0.15, -0.1) is 0 Å². The van der Waals surface area contributed by atoms with Gasteiger partial charge in [0.15, 0.2) is 5.72 Å². The Morgan fingerprint density at radius 1 is 0.988 bits per heavy atom. The van der Waals surface area contributed by atoms with Gasteiger partial charge in [0.2, 0.25) is 23.6 Å². The first-order chi connectivity index (χ1) is 40.6. The number of urea groups is 1. The predicted octanol–water partition coefficient (Wildman–Crippen LogP) is 6.37. The topological polar surface area (TPSA) is 325 Å². The number of carbonyl (C=O) groups is 9. The smallest absolute Gasteiger partial charge is 0.409 e. The van der Waals surface area contributed by atoms with Gasteiger partial charge in [0, 0.05) is 62.9 Å². The minimum Gasteiger partial charge on any atom is -0.495 e. The van der Waals surface area contributed by atoms with Crippen molar-refractivity contribution in [2.45, 2.75) is 146 Å². The molecule has 474 valence electrons. The van der Waals surface area contributed by atoms with E-state index in [2.05, 4.69) is 58.4 Å². The molecular weight excluding hydrogens is 1300 g/mol. The van der Waals surface area contributed by atoms with Crippen LogP contribution in [0.2, 0.25) is 10.0 Å². The number of epoxide rings is 1. The Kier molecular flexibility index (Phi) is 26.5. The van der Waals surface area contributed by atoms with Gasteiger partial charge in [-0.3, -0.25) is 34.1 Å². The lowest BCUT2D eigenvalue weighted by molar-refractivity contribution is -0.158. The molecule has 0 aliphatic carbocycles. The zero-order valence-corrected chi connectivity index (χ0v) is 54.2. The van der Waals surface area contributed by atoms with Crippen molar-refractivity contribution in [3.8, 4) is 5.75 Å². The number of nitrogens with two attached hydrogens (primary N) is 1. The quantitative estimate of drug-likeness (QED) is 0.0197. The number of amides is 8. The van der Waals surface area contributed by atoms with E-state index in [0.717, 1.165) is 16.0 Å². The molecule has 2 aromatic carbocycles. The fourth-order valence-electron chi connectivity index (χ4n) is 9.90. The molecule has 24 nitrogen and oxygen atoms in total. The van der Waals surface area contributed by atoms with E-state index in [9.17, 15) is 48.3 Å². The van der Waals surface area contributed by atoms with Crippen LogP contribution in [0.25, 0.3) is 0 Å². The van der Waals surface area contributed by atoms with Crippen LogP contribution in [-0.2, 0) is 58.9 Å². The van der Waals surface area contributed by atoms with Crippen LogP contribution in [0, 0.1) is 11.8 Å². The van der Waals surface area contributed by atoms with E-state index >= 15 is 0 Å². The lowest BCUT2D eigenvalue weighted by Gasteiger charge is -2.42. The highest BCUT2D eigenvalue weighted by Crippen LogP contribution is 2.49. The van der Waals surface area contributed by atoms with Crippen molar-refractivity contribution in [2.75, 3.05) is 62.3 Å². The number of carbonyl (C=O) groups excluding carboxylic acids is 9. The summed E-state index contributed by atoms with van der Waals surface area (Å²) in [6.45, 7) is 8.09. The third-order valence-electron chi connectivity index (χ3n) is 15.3. The SMILES string of the molecule is COc1cc2cc(c1Cl)N(C)C(=O)C[C@H](OC(=O)[C@H](C)N(C)C(=O)c1ccc(NC(=O)C(CCCNC(N)=O)NC(=O)CNC(=O)CCCCC(C)OC(=O)C(CBr)CBr)cc1Cl)[C@]1(C)OC1[C@H](C)C1C[C@@](O)(NC(=O)O1)[C@H](OC)/C=C/C=C(\C)C2. The average molecular weight is 1370 g/mol. The van der Waals surface area contributed by atoms with Crippen LogP contribution in [0.1, 0.15) is 102 Å². The number of alkyl halides is 2. The van der Waals surface area contributed by atoms with Crippen LogP contribution in [-0.4, -0.2) is 170 Å². The number of likely N-dealkylation sites (N-methyl/N-ethyl adjacent to an activating group) is 1. The molecule has 3 heterocycles. The summed E-state index contributed by atoms with van der Waals surface area (Å²) in [5.41, 5.74) is 3.86. The van der Waals surface area contributed by atoms with E-state index in [0.29, 0.717) is 47.8 Å². The molecule has 2 saturated heterocycles. The van der Waals surface area contributed by atoms with E-state index in [1.54, 1.807) is 45.1 Å². The molecule has 4 bridgehead atoms. The Labute approximate surface area is 527 Å². The molecule has 0 radical (unpaired) electrons. The number of anilines is 2. The minimum absolute atomic E-state index is 0.0286. The van der Waals surface area contributed by atoms with Gasteiger partial charge in [-0.2, -0.15) is 0 Å². The monoisotopic (exact) mass is 1370 g/mol. The molecule has 5 rings (SSSR count). The van der Waals surface area contributed by atoms with E-state index in [-0.39, 0.29) is 71.5 Å². The number of nitrogens with zero attached hydrogens (tertiary/aromatic N) is 2.